The zero-order chi connectivity index (χ0) is 26.5. The summed E-state index contributed by atoms with van der Waals surface area (Å²) in [5.74, 6) is 1.10. The normalized spacial score (nSPS) is 16.0. The van der Waals surface area contributed by atoms with Crippen LogP contribution >= 0.6 is 0 Å². The molecule has 0 saturated carbocycles. The standard InChI is InChI=1S/C32H33FN2O3/c1-3-30(32(36)34(2)22-27-13-9-19-37-27)38-26-16-15-23-17-18-35(21-25-12-7-8-14-29(25)33)31(28(23)20-26)24-10-5-4-6-11-24/h4-16,19-20,30-31H,3,17-18,21-22H2,1-2H3/t30-,31+/m1/s1. The van der Waals surface area contributed by atoms with Crippen molar-refractivity contribution >= 4 is 5.91 Å². The number of benzene rings is 3. The van der Waals surface area contributed by atoms with Crippen molar-refractivity contribution in [2.75, 3.05) is 13.6 Å². The molecule has 0 spiro atoms. The van der Waals surface area contributed by atoms with Crippen LogP contribution in [0.5, 0.6) is 5.75 Å². The molecule has 196 valence electrons. The minimum atomic E-state index is -0.610. The zero-order valence-electron chi connectivity index (χ0n) is 21.8. The van der Waals surface area contributed by atoms with Gasteiger partial charge < -0.3 is 14.1 Å². The number of carbonyl (C=O) groups excluding carboxylic acids is 1. The van der Waals surface area contributed by atoms with E-state index < -0.39 is 6.10 Å². The molecule has 0 saturated heterocycles. The number of rotatable bonds is 9. The average Bonchev–Trinajstić information content (AvgIpc) is 3.46. The summed E-state index contributed by atoms with van der Waals surface area (Å²) in [4.78, 5) is 17.1. The number of likely N-dealkylation sites (N-methyl/N-ethyl adjacent to an activating group) is 1. The highest BCUT2D eigenvalue weighted by molar-refractivity contribution is 5.81. The second-order valence-electron chi connectivity index (χ2n) is 9.77. The van der Waals surface area contributed by atoms with Crippen LogP contribution in [0.25, 0.3) is 0 Å². The van der Waals surface area contributed by atoms with E-state index in [1.165, 1.54) is 11.6 Å². The van der Waals surface area contributed by atoms with E-state index in [1.54, 1.807) is 24.3 Å². The molecule has 0 N–H and O–H groups in total. The smallest absolute Gasteiger partial charge is 0.263 e. The molecule has 4 aromatic rings. The molecule has 3 aromatic carbocycles. The van der Waals surface area contributed by atoms with Gasteiger partial charge in [-0.1, -0.05) is 61.5 Å². The molecule has 0 unspecified atom stereocenters. The summed E-state index contributed by atoms with van der Waals surface area (Å²) in [6.07, 6.45) is 2.39. The lowest BCUT2D eigenvalue weighted by Gasteiger charge is -2.38. The van der Waals surface area contributed by atoms with Gasteiger partial charge in [-0.05, 0) is 59.9 Å². The second kappa shape index (κ2) is 11.7. The predicted octanol–water partition coefficient (Wildman–Crippen LogP) is 6.38. The SMILES string of the molecule is CC[C@@H](Oc1ccc2c(c1)[C@H](c1ccccc1)N(Cc1ccccc1F)CC2)C(=O)N(C)Cc1ccco1. The Labute approximate surface area is 223 Å². The lowest BCUT2D eigenvalue weighted by atomic mass is 9.87. The van der Waals surface area contributed by atoms with Crippen molar-refractivity contribution in [2.24, 2.45) is 0 Å². The van der Waals surface area contributed by atoms with Crippen LogP contribution in [0.2, 0.25) is 0 Å². The van der Waals surface area contributed by atoms with Gasteiger partial charge in [0, 0.05) is 25.7 Å². The van der Waals surface area contributed by atoms with E-state index >= 15 is 0 Å². The van der Waals surface area contributed by atoms with E-state index in [0.717, 1.165) is 29.9 Å². The number of nitrogens with zero attached hydrogens (tertiary/aromatic N) is 2. The summed E-state index contributed by atoms with van der Waals surface area (Å²) in [5, 5.41) is 0. The van der Waals surface area contributed by atoms with Gasteiger partial charge in [0.25, 0.3) is 5.91 Å². The third kappa shape index (κ3) is 5.65. The van der Waals surface area contributed by atoms with Crippen LogP contribution in [0.3, 0.4) is 0 Å². The number of hydrogen-bond acceptors (Lipinski definition) is 4. The molecule has 1 amide bonds. The Morgan fingerprint density at radius 1 is 1.08 bits per heavy atom. The van der Waals surface area contributed by atoms with E-state index in [9.17, 15) is 9.18 Å². The van der Waals surface area contributed by atoms with Gasteiger partial charge in [-0.2, -0.15) is 0 Å². The molecule has 5 rings (SSSR count). The fraction of sp³-hybridized carbons (Fsp3) is 0.281. The van der Waals surface area contributed by atoms with E-state index in [0.29, 0.717) is 30.8 Å². The predicted molar refractivity (Wildman–Crippen MR) is 145 cm³/mol. The van der Waals surface area contributed by atoms with E-state index in [-0.39, 0.29) is 17.8 Å². The summed E-state index contributed by atoms with van der Waals surface area (Å²) in [7, 11) is 1.76. The first-order valence-corrected chi connectivity index (χ1v) is 13.1. The molecule has 5 nitrogen and oxygen atoms in total. The minimum absolute atomic E-state index is 0.0551. The van der Waals surface area contributed by atoms with Gasteiger partial charge >= 0.3 is 0 Å². The van der Waals surface area contributed by atoms with Gasteiger partial charge in [-0.15, -0.1) is 0 Å². The fourth-order valence-corrected chi connectivity index (χ4v) is 5.19. The molecule has 2 heterocycles. The molecule has 1 aromatic heterocycles. The maximum Gasteiger partial charge on any atom is 0.263 e. The number of hydrogen-bond donors (Lipinski definition) is 0. The van der Waals surface area contributed by atoms with Crippen molar-refractivity contribution in [3.8, 4) is 5.75 Å². The maximum atomic E-state index is 14.6. The van der Waals surface area contributed by atoms with Crippen molar-refractivity contribution in [1.29, 1.82) is 0 Å². The van der Waals surface area contributed by atoms with Crippen LogP contribution in [0, 0.1) is 5.82 Å². The number of furan rings is 1. The maximum absolute atomic E-state index is 14.6. The third-order valence-corrected chi connectivity index (χ3v) is 7.17. The van der Waals surface area contributed by atoms with Crippen LogP contribution in [0.1, 0.15) is 47.4 Å². The van der Waals surface area contributed by atoms with Gasteiger partial charge in [0.15, 0.2) is 6.10 Å². The summed E-state index contributed by atoms with van der Waals surface area (Å²) in [6, 6.07) is 27.0. The van der Waals surface area contributed by atoms with Crippen LogP contribution < -0.4 is 4.74 Å². The lowest BCUT2D eigenvalue weighted by Crippen LogP contribution is -2.39. The van der Waals surface area contributed by atoms with Crippen LogP contribution in [0.4, 0.5) is 4.39 Å². The molecule has 38 heavy (non-hydrogen) atoms. The van der Waals surface area contributed by atoms with Gasteiger partial charge in [-0.3, -0.25) is 9.69 Å². The molecule has 1 aliphatic heterocycles. The monoisotopic (exact) mass is 512 g/mol. The molecule has 0 aliphatic carbocycles. The molecular formula is C32H33FN2O3. The first-order chi connectivity index (χ1) is 18.5. The van der Waals surface area contributed by atoms with Gasteiger partial charge in [0.05, 0.1) is 18.8 Å². The number of ether oxygens (including phenoxy) is 1. The molecular weight excluding hydrogens is 479 g/mol. The van der Waals surface area contributed by atoms with Crippen LogP contribution in [0.15, 0.2) is 95.6 Å². The topological polar surface area (TPSA) is 45.9 Å². The Kier molecular flexibility index (Phi) is 7.89. The van der Waals surface area contributed by atoms with Gasteiger partial charge in [0.1, 0.15) is 17.3 Å². The first-order valence-electron chi connectivity index (χ1n) is 13.1. The average molecular weight is 513 g/mol. The van der Waals surface area contributed by atoms with Crippen molar-refractivity contribution < 1.29 is 18.3 Å². The van der Waals surface area contributed by atoms with Crippen molar-refractivity contribution in [2.45, 2.75) is 45.0 Å². The Bertz CT molecular complexity index is 1360. The lowest BCUT2D eigenvalue weighted by molar-refractivity contribution is -0.138. The number of fused-ring (bicyclic) bond motifs is 1. The van der Waals surface area contributed by atoms with Crippen LogP contribution in [-0.4, -0.2) is 35.4 Å². The van der Waals surface area contributed by atoms with Gasteiger partial charge in [-0.25, -0.2) is 4.39 Å². The third-order valence-electron chi connectivity index (χ3n) is 7.17. The van der Waals surface area contributed by atoms with E-state index in [1.807, 2.05) is 55.5 Å². The highest BCUT2D eigenvalue weighted by Gasteiger charge is 2.30. The van der Waals surface area contributed by atoms with Gasteiger partial charge in [0.2, 0.25) is 0 Å². The summed E-state index contributed by atoms with van der Waals surface area (Å²) in [6.45, 7) is 3.65. The van der Waals surface area contributed by atoms with Crippen LogP contribution in [-0.2, 0) is 24.3 Å². The Hall–Kier alpha value is -3.90. The highest BCUT2D eigenvalue weighted by Crippen LogP contribution is 2.38. The molecule has 0 radical (unpaired) electrons. The first kappa shape index (κ1) is 25.7. The fourth-order valence-electron chi connectivity index (χ4n) is 5.19. The molecule has 0 bridgehead atoms. The van der Waals surface area contributed by atoms with E-state index in [4.69, 9.17) is 9.15 Å². The molecule has 6 heteroatoms. The Balaban J connectivity index is 1.42. The highest BCUT2D eigenvalue weighted by atomic mass is 19.1. The summed E-state index contributed by atoms with van der Waals surface area (Å²) < 4.78 is 26.3. The minimum Gasteiger partial charge on any atom is -0.481 e. The summed E-state index contributed by atoms with van der Waals surface area (Å²) >= 11 is 0. The summed E-state index contributed by atoms with van der Waals surface area (Å²) in [5.41, 5.74) is 4.19. The Morgan fingerprint density at radius 3 is 2.61 bits per heavy atom. The number of amides is 1. The van der Waals surface area contributed by atoms with Crippen molar-refractivity contribution in [3.05, 3.63) is 125 Å². The zero-order valence-corrected chi connectivity index (χ0v) is 21.8. The molecule has 0 fully saturated rings. The second-order valence-corrected chi connectivity index (χ2v) is 9.77. The van der Waals surface area contributed by atoms with Crippen molar-refractivity contribution in [1.82, 2.24) is 9.80 Å². The molecule has 1 aliphatic rings. The largest absolute Gasteiger partial charge is 0.481 e. The molecule has 2 atom stereocenters. The van der Waals surface area contributed by atoms with E-state index in [2.05, 4.69) is 29.2 Å². The number of carbonyl (C=O) groups is 1. The van der Waals surface area contributed by atoms with Crippen molar-refractivity contribution in [3.63, 3.8) is 0 Å². The Morgan fingerprint density at radius 2 is 1.87 bits per heavy atom. The quantitative estimate of drug-likeness (QED) is 0.261. The number of halogens is 1.